The minimum atomic E-state index is -1.02. The molecular weight excluding hydrogens is 557 g/mol. The molecule has 8 N–H and O–H groups in total. The van der Waals surface area contributed by atoms with Crippen LogP contribution < -0.4 is 37.5 Å². The van der Waals surface area contributed by atoms with Crippen molar-refractivity contribution in [2.45, 2.75) is 84.5 Å². The van der Waals surface area contributed by atoms with Gasteiger partial charge < -0.3 is 42.3 Å². The Hall–Kier alpha value is -4.14. The number of primary amides is 1. The van der Waals surface area contributed by atoms with Gasteiger partial charge in [-0.3, -0.25) is 24.0 Å². The maximum atomic E-state index is 13.4. The molecule has 6 amide bonds. The summed E-state index contributed by atoms with van der Waals surface area (Å²) in [6, 6.07) is 3.04. The maximum Gasteiger partial charge on any atom is 0.312 e. The molecule has 0 saturated carbocycles. The quantitative estimate of drug-likeness (QED) is 0.0656. The van der Waals surface area contributed by atoms with Gasteiger partial charge in [0.05, 0.1) is 0 Å². The summed E-state index contributed by atoms with van der Waals surface area (Å²) in [6.45, 7) is 6.91. The van der Waals surface area contributed by atoms with Crippen LogP contribution in [0.4, 0.5) is 10.5 Å². The van der Waals surface area contributed by atoms with Gasteiger partial charge in [0.25, 0.3) is 0 Å². The van der Waals surface area contributed by atoms with Crippen LogP contribution in [0, 0.1) is 5.92 Å². The van der Waals surface area contributed by atoms with Gasteiger partial charge in [-0.1, -0.05) is 26.0 Å². The second kappa shape index (κ2) is 19.9. The molecule has 1 unspecified atom stereocenters. The third kappa shape index (κ3) is 15.6. The number of nitrogens with one attached hydrogen (secondary N) is 6. The minimum Gasteiger partial charge on any atom is -0.461 e. The molecule has 43 heavy (non-hydrogen) atoms. The van der Waals surface area contributed by atoms with Crippen molar-refractivity contribution in [3.8, 4) is 0 Å². The van der Waals surface area contributed by atoms with Gasteiger partial charge in [-0.25, -0.2) is 4.79 Å². The van der Waals surface area contributed by atoms with E-state index in [1.165, 1.54) is 13.8 Å². The number of ether oxygens (including phenoxy) is 1. The lowest BCUT2D eigenvalue weighted by Gasteiger charge is -2.27. The summed E-state index contributed by atoms with van der Waals surface area (Å²) in [6.07, 6.45) is 2.11. The Morgan fingerprint density at radius 3 is 2.00 bits per heavy atom. The molecule has 1 rings (SSSR count). The van der Waals surface area contributed by atoms with Crippen molar-refractivity contribution in [2.75, 3.05) is 18.4 Å². The highest BCUT2D eigenvalue weighted by atomic mass is 16.5. The van der Waals surface area contributed by atoms with Crippen LogP contribution in [0.25, 0.3) is 0 Å². The van der Waals surface area contributed by atoms with E-state index in [0.29, 0.717) is 37.9 Å². The zero-order valence-corrected chi connectivity index (χ0v) is 25.3. The number of carbonyl (C=O) groups excluding carboxylic acids is 6. The first kappa shape index (κ1) is 36.9. The van der Waals surface area contributed by atoms with E-state index < -0.39 is 47.8 Å². The summed E-state index contributed by atoms with van der Waals surface area (Å²) in [5.74, 6) is -2.78. The summed E-state index contributed by atoms with van der Waals surface area (Å²) in [7, 11) is 5.29. The van der Waals surface area contributed by atoms with Crippen molar-refractivity contribution in [3.05, 3.63) is 29.8 Å². The fraction of sp³-hybridized carbons (Fsp3) is 0.571. The van der Waals surface area contributed by atoms with Crippen LogP contribution in [0.2, 0.25) is 0 Å². The number of rotatable bonds is 19. The van der Waals surface area contributed by atoms with Gasteiger partial charge in [-0.2, -0.15) is 0 Å². The topological polar surface area (TPSA) is 210 Å². The SMILES string of the molecule is [B]NCCCC[C@H](NC(C)=O)C(=O)NC(C(=O)N[C@@H](CCCNC(N)=O)C(=O)Nc1ccc(COC(C)=O)cc1)C(C)C. The Bertz CT molecular complexity index is 1090. The van der Waals surface area contributed by atoms with E-state index in [1.807, 2.05) is 0 Å². The summed E-state index contributed by atoms with van der Waals surface area (Å²) in [5.41, 5.74) is 6.29. The van der Waals surface area contributed by atoms with Gasteiger partial charge in [0.1, 0.15) is 24.7 Å². The van der Waals surface area contributed by atoms with Gasteiger partial charge in [0.2, 0.25) is 23.6 Å². The number of unbranched alkanes of at least 4 members (excludes halogenated alkanes) is 1. The largest absolute Gasteiger partial charge is 0.461 e. The average Bonchev–Trinajstić information content (AvgIpc) is 2.93. The second-order valence-electron chi connectivity index (χ2n) is 10.4. The van der Waals surface area contributed by atoms with Gasteiger partial charge >= 0.3 is 12.0 Å². The summed E-state index contributed by atoms with van der Waals surface area (Å²) < 4.78 is 4.96. The van der Waals surface area contributed by atoms with E-state index in [1.54, 1.807) is 38.1 Å². The monoisotopic (exact) mass is 601 g/mol. The van der Waals surface area contributed by atoms with E-state index in [-0.39, 0.29) is 31.4 Å². The first-order chi connectivity index (χ1) is 20.3. The van der Waals surface area contributed by atoms with Crippen LogP contribution in [0.1, 0.15) is 65.4 Å². The molecule has 14 nitrogen and oxygen atoms in total. The molecule has 0 spiro atoms. The second-order valence-corrected chi connectivity index (χ2v) is 10.4. The van der Waals surface area contributed by atoms with Crippen molar-refractivity contribution < 1.29 is 33.5 Å². The fourth-order valence-corrected chi connectivity index (χ4v) is 4.03. The van der Waals surface area contributed by atoms with E-state index >= 15 is 0 Å². The number of hydrogen-bond donors (Lipinski definition) is 7. The Morgan fingerprint density at radius 1 is 0.814 bits per heavy atom. The highest BCUT2D eigenvalue weighted by molar-refractivity contribution is 6.04. The first-order valence-electron chi connectivity index (χ1n) is 14.2. The van der Waals surface area contributed by atoms with E-state index in [0.717, 1.165) is 5.56 Å². The molecule has 0 aromatic heterocycles. The molecular formula is C28H44BN7O7. The van der Waals surface area contributed by atoms with Crippen LogP contribution in [0.15, 0.2) is 24.3 Å². The average molecular weight is 602 g/mol. The van der Waals surface area contributed by atoms with Gasteiger partial charge in [-0.15, -0.1) is 0 Å². The third-order valence-electron chi connectivity index (χ3n) is 6.27. The molecule has 0 bridgehead atoms. The van der Waals surface area contributed by atoms with E-state index in [4.69, 9.17) is 18.5 Å². The molecule has 15 heteroatoms. The van der Waals surface area contributed by atoms with Crippen LogP contribution >= 0.6 is 0 Å². The normalized spacial score (nSPS) is 12.8. The van der Waals surface area contributed by atoms with Crippen LogP contribution in [-0.2, 0) is 35.3 Å². The number of amides is 6. The molecule has 0 saturated heterocycles. The van der Waals surface area contributed by atoms with Crippen molar-refractivity contribution >= 4 is 49.3 Å². The van der Waals surface area contributed by atoms with Crippen molar-refractivity contribution in [3.63, 3.8) is 0 Å². The van der Waals surface area contributed by atoms with Crippen molar-refractivity contribution in [1.82, 2.24) is 26.5 Å². The van der Waals surface area contributed by atoms with E-state index in [2.05, 4.69) is 31.8 Å². The molecule has 0 heterocycles. The molecule has 0 aliphatic rings. The van der Waals surface area contributed by atoms with Gasteiger partial charge in [0, 0.05) is 26.1 Å². The van der Waals surface area contributed by atoms with E-state index in [9.17, 15) is 28.8 Å². The maximum absolute atomic E-state index is 13.4. The molecule has 0 fully saturated rings. The lowest BCUT2D eigenvalue weighted by molar-refractivity contribution is -0.142. The molecule has 0 aliphatic carbocycles. The Kier molecular flexibility index (Phi) is 17.1. The molecule has 3 atom stereocenters. The van der Waals surface area contributed by atoms with Crippen molar-refractivity contribution in [1.29, 1.82) is 0 Å². The molecule has 2 radical (unpaired) electrons. The number of esters is 1. The zero-order chi connectivity index (χ0) is 32.4. The Balaban J connectivity index is 3.00. The van der Waals surface area contributed by atoms with Crippen LogP contribution in [0.5, 0.6) is 0 Å². The van der Waals surface area contributed by atoms with Crippen LogP contribution in [0.3, 0.4) is 0 Å². The highest BCUT2D eigenvalue weighted by Crippen LogP contribution is 2.13. The number of anilines is 1. The van der Waals surface area contributed by atoms with Crippen molar-refractivity contribution in [2.24, 2.45) is 11.7 Å². The smallest absolute Gasteiger partial charge is 0.312 e. The minimum absolute atomic E-state index is 0.0884. The number of hydrogen-bond acceptors (Lipinski definition) is 8. The summed E-state index contributed by atoms with van der Waals surface area (Å²) in [5, 5.41) is 15.8. The number of benzene rings is 1. The summed E-state index contributed by atoms with van der Waals surface area (Å²) in [4.78, 5) is 73.5. The zero-order valence-electron chi connectivity index (χ0n) is 25.3. The molecule has 0 aliphatic heterocycles. The number of urea groups is 1. The fourth-order valence-electron chi connectivity index (χ4n) is 4.03. The lowest BCUT2D eigenvalue weighted by Crippen LogP contribution is -2.57. The number of carbonyl (C=O) groups is 6. The van der Waals surface area contributed by atoms with Crippen LogP contribution in [-0.4, -0.2) is 74.8 Å². The Morgan fingerprint density at radius 2 is 1.44 bits per heavy atom. The lowest BCUT2D eigenvalue weighted by atomic mass is 10.0. The van der Waals surface area contributed by atoms with Gasteiger partial charge in [-0.05, 0) is 62.3 Å². The summed E-state index contributed by atoms with van der Waals surface area (Å²) >= 11 is 0. The Labute approximate surface area is 253 Å². The predicted octanol–water partition coefficient (Wildman–Crippen LogP) is 0.110. The van der Waals surface area contributed by atoms with Gasteiger partial charge in [0.15, 0.2) is 7.98 Å². The molecule has 1 aromatic rings. The first-order valence-corrected chi connectivity index (χ1v) is 14.2. The standard InChI is InChI=1S/C28H44BN7O7/c1-17(2)24(36-26(40)22(33-18(3)37)8-5-6-15-32-29)27(41)35-23(9-7-14-31-28(30)42)25(39)34-21-12-10-20(11-13-21)16-43-19(4)38/h10-13,17,22-24,32H,5-9,14-16H2,1-4H3,(H,33,37)(H,34,39)(H,35,41)(H,36,40)(H3,30,31,42)/t22-,23-,24?/m0/s1. The third-order valence-corrected chi connectivity index (χ3v) is 6.27. The molecule has 236 valence electrons. The number of nitrogens with two attached hydrogens (primary N) is 1. The predicted molar refractivity (Wildman–Crippen MR) is 161 cm³/mol. The molecule has 1 aromatic carbocycles. The highest BCUT2D eigenvalue weighted by Gasteiger charge is 2.31.